The Bertz CT molecular complexity index is 550. The Labute approximate surface area is 131 Å². The van der Waals surface area contributed by atoms with Gasteiger partial charge in [-0.15, -0.1) is 0 Å². The van der Waals surface area contributed by atoms with Crippen molar-refractivity contribution in [3.63, 3.8) is 0 Å². The first-order valence-corrected chi connectivity index (χ1v) is 7.31. The number of halogens is 1. The number of hydrogen-bond donors (Lipinski definition) is 1. The summed E-state index contributed by atoms with van der Waals surface area (Å²) in [6.07, 6.45) is 0.232. The molecular formula is C14H17BrN2O4. The second-order valence-electron chi connectivity index (χ2n) is 4.72. The Morgan fingerprint density at radius 2 is 2.14 bits per heavy atom. The SMILES string of the molecule is COC(=O)NC1CCN(C(=O)c2ccc(Br)cc2OC)C1. The zero-order chi connectivity index (χ0) is 15.4. The van der Waals surface area contributed by atoms with Gasteiger partial charge in [-0.1, -0.05) is 15.9 Å². The molecule has 1 heterocycles. The van der Waals surface area contributed by atoms with Crippen molar-refractivity contribution < 1.29 is 19.1 Å². The van der Waals surface area contributed by atoms with Gasteiger partial charge in [0, 0.05) is 17.6 Å². The highest BCUT2D eigenvalue weighted by molar-refractivity contribution is 9.10. The third-order valence-electron chi connectivity index (χ3n) is 3.38. The van der Waals surface area contributed by atoms with Crippen LogP contribution in [0.3, 0.4) is 0 Å². The fourth-order valence-corrected chi connectivity index (χ4v) is 2.64. The summed E-state index contributed by atoms with van der Waals surface area (Å²) < 4.78 is 10.7. The summed E-state index contributed by atoms with van der Waals surface area (Å²) in [4.78, 5) is 25.4. The lowest BCUT2D eigenvalue weighted by atomic mass is 10.2. The van der Waals surface area contributed by atoms with Crippen molar-refractivity contribution in [2.75, 3.05) is 27.3 Å². The summed E-state index contributed by atoms with van der Waals surface area (Å²) in [6.45, 7) is 1.06. The van der Waals surface area contributed by atoms with Crippen LogP contribution in [-0.2, 0) is 4.74 Å². The number of ether oxygens (including phenoxy) is 2. The second-order valence-corrected chi connectivity index (χ2v) is 5.63. The fourth-order valence-electron chi connectivity index (χ4n) is 2.30. The van der Waals surface area contributed by atoms with E-state index in [9.17, 15) is 9.59 Å². The van der Waals surface area contributed by atoms with Crippen LogP contribution in [0.5, 0.6) is 5.75 Å². The average molecular weight is 357 g/mol. The van der Waals surface area contributed by atoms with Crippen molar-refractivity contribution in [3.8, 4) is 5.75 Å². The van der Waals surface area contributed by atoms with Gasteiger partial charge in [0.15, 0.2) is 0 Å². The van der Waals surface area contributed by atoms with Crippen molar-refractivity contribution >= 4 is 27.9 Å². The number of hydrogen-bond acceptors (Lipinski definition) is 4. The van der Waals surface area contributed by atoms with Crippen LogP contribution in [0.1, 0.15) is 16.8 Å². The third kappa shape index (κ3) is 3.66. The molecule has 1 saturated heterocycles. The molecule has 0 radical (unpaired) electrons. The first kappa shape index (κ1) is 15.6. The lowest BCUT2D eigenvalue weighted by molar-refractivity contribution is 0.0784. The Morgan fingerprint density at radius 3 is 2.81 bits per heavy atom. The third-order valence-corrected chi connectivity index (χ3v) is 3.87. The van der Waals surface area contributed by atoms with E-state index in [-0.39, 0.29) is 11.9 Å². The van der Waals surface area contributed by atoms with Gasteiger partial charge >= 0.3 is 6.09 Å². The maximum absolute atomic E-state index is 12.5. The van der Waals surface area contributed by atoms with Crippen molar-refractivity contribution in [1.29, 1.82) is 0 Å². The molecule has 1 aromatic carbocycles. The number of nitrogens with zero attached hydrogens (tertiary/aromatic N) is 1. The Morgan fingerprint density at radius 1 is 1.38 bits per heavy atom. The summed E-state index contributed by atoms with van der Waals surface area (Å²) in [5.41, 5.74) is 0.513. The lowest BCUT2D eigenvalue weighted by Crippen LogP contribution is -2.38. The summed E-state index contributed by atoms with van der Waals surface area (Å²) in [7, 11) is 2.85. The Balaban J connectivity index is 2.06. The van der Waals surface area contributed by atoms with Crippen LogP contribution in [0, 0.1) is 0 Å². The maximum Gasteiger partial charge on any atom is 0.407 e. The van der Waals surface area contributed by atoms with E-state index in [1.54, 1.807) is 23.1 Å². The van der Waals surface area contributed by atoms with Crippen molar-refractivity contribution in [1.82, 2.24) is 10.2 Å². The highest BCUT2D eigenvalue weighted by Gasteiger charge is 2.29. The topological polar surface area (TPSA) is 67.9 Å². The molecule has 6 nitrogen and oxygen atoms in total. The largest absolute Gasteiger partial charge is 0.496 e. The standard InChI is InChI=1S/C14H17BrN2O4/c1-20-12-7-9(15)3-4-11(12)13(18)17-6-5-10(8-17)16-14(19)21-2/h3-4,7,10H,5-6,8H2,1-2H3,(H,16,19). The predicted octanol–water partition coefficient (Wildman–Crippen LogP) is 2.03. The molecular weight excluding hydrogens is 340 g/mol. The van der Waals surface area contributed by atoms with Crippen LogP contribution < -0.4 is 10.1 Å². The molecule has 0 aliphatic carbocycles. The molecule has 1 aliphatic heterocycles. The van der Waals surface area contributed by atoms with E-state index in [2.05, 4.69) is 26.0 Å². The number of carbonyl (C=O) groups is 2. The molecule has 1 aliphatic rings. The van der Waals surface area contributed by atoms with Crippen LogP contribution >= 0.6 is 15.9 Å². The molecule has 1 aromatic rings. The Hall–Kier alpha value is -1.76. The normalized spacial score (nSPS) is 17.5. The molecule has 2 amide bonds. The van der Waals surface area contributed by atoms with E-state index >= 15 is 0 Å². The van der Waals surface area contributed by atoms with Crippen molar-refractivity contribution in [2.45, 2.75) is 12.5 Å². The van der Waals surface area contributed by atoms with Gasteiger partial charge in [-0.2, -0.15) is 0 Å². The van der Waals surface area contributed by atoms with Crippen LogP contribution in [0.25, 0.3) is 0 Å². The first-order valence-electron chi connectivity index (χ1n) is 6.52. The minimum atomic E-state index is -0.476. The number of alkyl carbamates (subject to hydrolysis) is 1. The molecule has 1 N–H and O–H groups in total. The first-order chi connectivity index (χ1) is 10.0. The van der Waals surface area contributed by atoms with Gasteiger partial charge in [0.05, 0.1) is 25.8 Å². The molecule has 1 atom stereocenters. The highest BCUT2D eigenvalue weighted by Crippen LogP contribution is 2.26. The van der Waals surface area contributed by atoms with Gasteiger partial charge in [-0.25, -0.2) is 4.79 Å². The molecule has 2 rings (SSSR count). The number of rotatable bonds is 3. The van der Waals surface area contributed by atoms with E-state index < -0.39 is 6.09 Å². The van der Waals surface area contributed by atoms with Crippen LogP contribution in [0.2, 0.25) is 0 Å². The summed E-state index contributed by atoms with van der Waals surface area (Å²) in [6, 6.07) is 5.21. The molecule has 1 unspecified atom stereocenters. The van der Waals surface area contributed by atoms with Gasteiger partial charge in [-0.05, 0) is 24.6 Å². The number of amides is 2. The highest BCUT2D eigenvalue weighted by atomic mass is 79.9. The van der Waals surface area contributed by atoms with Crippen LogP contribution in [0.15, 0.2) is 22.7 Å². The molecule has 0 aromatic heterocycles. The summed E-state index contributed by atoms with van der Waals surface area (Å²) in [5.74, 6) is 0.423. The number of likely N-dealkylation sites (tertiary alicyclic amines) is 1. The molecule has 114 valence electrons. The minimum absolute atomic E-state index is 0.0807. The molecule has 0 saturated carbocycles. The molecule has 1 fully saturated rings. The zero-order valence-electron chi connectivity index (χ0n) is 11.9. The summed E-state index contributed by atoms with van der Waals surface area (Å²) in [5, 5.41) is 2.71. The average Bonchev–Trinajstić information content (AvgIpc) is 2.94. The quantitative estimate of drug-likeness (QED) is 0.899. The van der Waals surface area contributed by atoms with E-state index in [1.165, 1.54) is 14.2 Å². The van der Waals surface area contributed by atoms with Gasteiger partial charge in [-0.3, -0.25) is 4.79 Å². The predicted molar refractivity (Wildman–Crippen MR) is 80.5 cm³/mol. The smallest absolute Gasteiger partial charge is 0.407 e. The maximum atomic E-state index is 12.5. The molecule has 0 bridgehead atoms. The molecule has 21 heavy (non-hydrogen) atoms. The minimum Gasteiger partial charge on any atom is -0.496 e. The number of nitrogens with one attached hydrogen (secondary N) is 1. The van der Waals surface area contributed by atoms with E-state index in [1.807, 2.05) is 0 Å². The van der Waals surface area contributed by atoms with Gasteiger partial charge in [0.2, 0.25) is 0 Å². The van der Waals surface area contributed by atoms with Crippen LogP contribution in [-0.4, -0.2) is 50.3 Å². The zero-order valence-corrected chi connectivity index (χ0v) is 13.5. The summed E-state index contributed by atoms with van der Waals surface area (Å²) >= 11 is 3.35. The van der Waals surface area contributed by atoms with E-state index in [0.717, 1.165) is 4.47 Å². The number of carbonyl (C=O) groups excluding carboxylic acids is 2. The van der Waals surface area contributed by atoms with Gasteiger partial charge in [0.25, 0.3) is 5.91 Å². The Kier molecular flexibility index (Phi) is 5.06. The number of benzene rings is 1. The van der Waals surface area contributed by atoms with E-state index in [4.69, 9.17) is 4.74 Å². The number of methoxy groups -OCH3 is 2. The molecule has 0 spiro atoms. The monoisotopic (exact) mass is 356 g/mol. The second kappa shape index (κ2) is 6.80. The van der Waals surface area contributed by atoms with Gasteiger partial charge in [0.1, 0.15) is 5.75 Å². The van der Waals surface area contributed by atoms with E-state index in [0.29, 0.717) is 30.8 Å². The molecule has 7 heteroatoms. The van der Waals surface area contributed by atoms with Crippen molar-refractivity contribution in [3.05, 3.63) is 28.2 Å². The van der Waals surface area contributed by atoms with Crippen molar-refractivity contribution in [2.24, 2.45) is 0 Å². The van der Waals surface area contributed by atoms with Gasteiger partial charge < -0.3 is 19.7 Å². The van der Waals surface area contributed by atoms with Crippen LogP contribution in [0.4, 0.5) is 4.79 Å². The fraction of sp³-hybridized carbons (Fsp3) is 0.429. The lowest BCUT2D eigenvalue weighted by Gasteiger charge is -2.18.